The summed E-state index contributed by atoms with van der Waals surface area (Å²) in [4.78, 5) is 18.2. The number of benzene rings is 2. The van der Waals surface area contributed by atoms with Gasteiger partial charge in [-0.05, 0) is 60.7 Å². The minimum absolute atomic E-state index is 0.161. The first-order valence-corrected chi connectivity index (χ1v) is 11.5. The summed E-state index contributed by atoms with van der Waals surface area (Å²) < 4.78 is 11.6. The van der Waals surface area contributed by atoms with Gasteiger partial charge in [0.05, 0.1) is 29.4 Å². The van der Waals surface area contributed by atoms with Crippen LogP contribution in [-0.4, -0.2) is 28.3 Å². The second kappa shape index (κ2) is 9.40. The van der Waals surface area contributed by atoms with Gasteiger partial charge >= 0.3 is 5.97 Å². The van der Waals surface area contributed by atoms with E-state index in [9.17, 15) is 9.90 Å². The Kier molecular flexibility index (Phi) is 6.15. The molecule has 2 aromatic carbocycles. The lowest BCUT2D eigenvalue weighted by Gasteiger charge is -2.26. The van der Waals surface area contributed by atoms with Crippen molar-refractivity contribution in [2.75, 3.05) is 12.0 Å². The number of hydrogen-bond acceptors (Lipinski definition) is 5. The minimum Gasteiger partial charge on any atom is -0.495 e. The predicted molar refractivity (Wildman–Crippen MR) is 137 cm³/mol. The van der Waals surface area contributed by atoms with E-state index in [0.717, 1.165) is 11.4 Å². The second-order valence-electron chi connectivity index (χ2n) is 7.87. The molecule has 0 radical (unpaired) electrons. The Hall–Kier alpha value is -3.88. The molecule has 5 rings (SSSR count). The van der Waals surface area contributed by atoms with Crippen LogP contribution < -0.4 is 15.0 Å². The number of thiocarbonyl (C=S) groups is 1. The molecule has 1 fully saturated rings. The average molecular weight is 506 g/mol. The molecule has 1 aliphatic heterocycles. The quantitative estimate of drug-likeness (QED) is 0.314. The first-order valence-electron chi connectivity index (χ1n) is 10.7. The Balaban J connectivity index is 1.62. The van der Waals surface area contributed by atoms with Gasteiger partial charge in [0, 0.05) is 17.4 Å². The number of carbonyl (C=O) groups is 1. The zero-order chi connectivity index (χ0) is 24.5. The molecule has 0 spiro atoms. The third kappa shape index (κ3) is 4.22. The SMILES string of the molecule is COc1ccc(N2C(=S)NC(c3ccccn3)C2c2ccc(-c3ccccc3C(=O)O)o2)cc1Cl. The molecule has 2 unspecified atom stereocenters. The fourth-order valence-electron chi connectivity index (χ4n) is 4.27. The van der Waals surface area contributed by atoms with E-state index in [0.29, 0.717) is 33.0 Å². The summed E-state index contributed by atoms with van der Waals surface area (Å²) in [5.41, 5.74) is 2.19. The summed E-state index contributed by atoms with van der Waals surface area (Å²) in [7, 11) is 1.56. The highest BCUT2D eigenvalue weighted by Gasteiger charge is 2.42. The van der Waals surface area contributed by atoms with Crippen LogP contribution in [0.15, 0.2) is 83.4 Å². The standard InChI is InChI=1S/C26H20ClN3O4S/c1-33-21-10-9-15(14-18(21)27)30-24(23(29-26(30)35)19-8-4-5-13-28-19)22-12-11-20(34-22)16-6-2-3-7-17(16)25(31)32/h2-14,23-24H,1H3,(H,29,35)(H,31,32). The first kappa shape index (κ1) is 22.9. The molecule has 0 amide bonds. The van der Waals surface area contributed by atoms with E-state index in [1.807, 2.05) is 35.2 Å². The molecule has 2 N–H and O–H groups in total. The van der Waals surface area contributed by atoms with Crippen LogP contribution in [0.3, 0.4) is 0 Å². The molecule has 0 saturated carbocycles. The number of methoxy groups -OCH3 is 1. The summed E-state index contributed by atoms with van der Waals surface area (Å²) in [6.45, 7) is 0. The fourth-order valence-corrected chi connectivity index (χ4v) is 4.87. The molecule has 7 nitrogen and oxygen atoms in total. The number of rotatable bonds is 6. The normalized spacial score (nSPS) is 17.3. The maximum Gasteiger partial charge on any atom is 0.336 e. The zero-order valence-corrected chi connectivity index (χ0v) is 20.1. The third-order valence-corrected chi connectivity index (χ3v) is 6.46. The van der Waals surface area contributed by atoms with Crippen molar-refractivity contribution in [1.82, 2.24) is 10.3 Å². The lowest BCUT2D eigenvalue weighted by molar-refractivity contribution is 0.0697. The van der Waals surface area contributed by atoms with Crippen molar-refractivity contribution < 1.29 is 19.1 Å². The maximum absolute atomic E-state index is 11.8. The molecule has 9 heteroatoms. The van der Waals surface area contributed by atoms with Crippen molar-refractivity contribution in [2.24, 2.45) is 0 Å². The van der Waals surface area contributed by atoms with Crippen molar-refractivity contribution in [3.05, 3.63) is 101 Å². The molecule has 0 bridgehead atoms. The number of pyridine rings is 1. The molecule has 4 aromatic rings. The van der Waals surface area contributed by atoms with Crippen LogP contribution in [0.25, 0.3) is 11.3 Å². The number of carboxylic acids is 1. The highest BCUT2D eigenvalue weighted by molar-refractivity contribution is 7.80. The van der Waals surface area contributed by atoms with Gasteiger partial charge in [-0.1, -0.05) is 35.9 Å². The van der Waals surface area contributed by atoms with Crippen molar-refractivity contribution in [1.29, 1.82) is 0 Å². The van der Waals surface area contributed by atoms with Crippen molar-refractivity contribution in [3.8, 4) is 17.1 Å². The number of carboxylic acid groups (broad SMARTS) is 1. The molecule has 2 aromatic heterocycles. The predicted octanol–water partition coefficient (Wildman–Crippen LogP) is 5.88. The van der Waals surface area contributed by atoms with Crippen LogP contribution in [0.1, 0.15) is 33.9 Å². The lowest BCUT2D eigenvalue weighted by atomic mass is 10.0. The number of hydrogen-bond donors (Lipinski definition) is 2. The number of furan rings is 1. The van der Waals surface area contributed by atoms with Gasteiger partial charge in [-0.2, -0.15) is 0 Å². The van der Waals surface area contributed by atoms with Crippen LogP contribution in [0.2, 0.25) is 5.02 Å². The lowest BCUT2D eigenvalue weighted by Crippen LogP contribution is -2.29. The molecule has 2 atom stereocenters. The van der Waals surface area contributed by atoms with E-state index in [4.69, 9.17) is 33.0 Å². The monoisotopic (exact) mass is 505 g/mol. The number of aromatic nitrogens is 1. The number of halogens is 1. The number of anilines is 1. The topological polar surface area (TPSA) is 87.8 Å². The molecule has 1 saturated heterocycles. The molecular formula is C26H20ClN3O4S. The average Bonchev–Trinajstić information content (AvgIpc) is 3.49. The molecule has 0 aliphatic carbocycles. The Morgan fingerprint density at radius 3 is 2.66 bits per heavy atom. The van der Waals surface area contributed by atoms with Gasteiger partial charge in [0.25, 0.3) is 0 Å². The number of nitrogens with one attached hydrogen (secondary N) is 1. The minimum atomic E-state index is -1.02. The second-order valence-corrected chi connectivity index (χ2v) is 8.66. The number of nitrogens with zero attached hydrogens (tertiary/aromatic N) is 2. The Morgan fingerprint density at radius 1 is 1.14 bits per heavy atom. The third-order valence-electron chi connectivity index (χ3n) is 5.85. The van der Waals surface area contributed by atoms with E-state index in [-0.39, 0.29) is 11.6 Å². The summed E-state index contributed by atoms with van der Waals surface area (Å²) in [6.07, 6.45) is 1.72. The highest BCUT2D eigenvalue weighted by Crippen LogP contribution is 2.44. The largest absolute Gasteiger partial charge is 0.495 e. The molecule has 176 valence electrons. The van der Waals surface area contributed by atoms with Gasteiger partial charge in [0.2, 0.25) is 0 Å². The van der Waals surface area contributed by atoms with Crippen molar-refractivity contribution in [2.45, 2.75) is 12.1 Å². The highest BCUT2D eigenvalue weighted by atomic mass is 35.5. The van der Waals surface area contributed by atoms with E-state index in [2.05, 4.69) is 10.3 Å². The first-order chi connectivity index (χ1) is 17.0. The van der Waals surface area contributed by atoms with Crippen LogP contribution >= 0.6 is 23.8 Å². The van der Waals surface area contributed by atoms with Gasteiger partial charge in [-0.3, -0.25) is 4.98 Å². The molecule has 3 heterocycles. The Morgan fingerprint density at radius 2 is 1.94 bits per heavy atom. The van der Waals surface area contributed by atoms with Gasteiger partial charge in [-0.25, -0.2) is 4.79 Å². The van der Waals surface area contributed by atoms with Crippen LogP contribution in [0.4, 0.5) is 5.69 Å². The summed E-state index contributed by atoms with van der Waals surface area (Å²) in [6, 6.07) is 20.7. The molecular weight excluding hydrogens is 486 g/mol. The Bertz CT molecular complexity index is 1410. The molecule has 1 aliphatic rings. The van der Waals surface area contributed by atoms with E-state index < -0.39 is 12.0 Å². The van der Waals surface area contributed by atoms with E-state index >= 15 is 0 Å². The van der Waals surface area contributed by atoms with Crippen LogP contribution in [-0.2, 0) is 0 Å². The number of ether oxygens (including phenoxy) is 1. The van der Waals surface area contributed by atoms with Crippen molar-refractivity contribution >= 4 is 40.6 Å². The van der Waals surface area contributed by atoms with Crippen LogP contribution in [0, 0.1) is 0 Å². The smallest absolute Gasteiger partial charge is 0.336 e. The fraction of sp³-hybridized carbons (Fsp3) is 0.115. The number of aromatic carboxylic acids is 1. The van der Waals surface area contributed by atoms with Gasteiger partial charge in [0.1, 0.15) is 23.3 Å². The maximum atomic E-state index is 11.8. The van der Waals surface area contributed by atoms with Gasteiger partial charge in [0.15, 0.2) is 5.11 Å². The van der Waals surface area contributed by atoms with Crippen LogP contribution in [0.5, 0.6) is 5.75 Å². The summed E-state index contributed by atoms with van der Waals surface area (Å²) >= 11 is 12.2. The Labute approximate surface area is 211 Å². The van der Waals surface area contributed by atoms with Gasteiger partial charge < -0.3 is 24.5 Å². The summed E-state index contributed by atoms with van der Waals surface area (Å²) in [5, 5.41) is 13.9. The summed E-state index contributed by atoms with van der Waals surface area (Å²) in [5.74, 6) is 0.568. The van der Waals surface area contributed by atoms with E-state index in [1.165, 1.54) is 0 Å². The van der Waals surface area contributed by atoms with E-state index in [1.54, 1.807) is 55.8 Å². The van der Waals surface area contributed by atoms with Crippen molar-refractivity contribution in [3.63, 3.8) is 0 Å². The van der Waals surface area contributed by atoms with Gasteiger partial charge in [-0.15, -0.1) is 0 Å². The zero-order valence-electron chi connectivity index (χ0n) is 18.5. The molecule has 35 heavy (non-hydrogen) atoms.